The quantitative estimate of drug-likeness (QED) is 0.459. The molecule has 2 aromatic carbocycles. The molecule has 3 unspecified atom stereocenters. The maximum atomic E-state index is 12.8. The molecule has 0 bridgehead atoms. The van der Waals surface area contributed by atoms with Gasteiger partial charge in [0.25, 0.3) is 0 Å². The summed E-state index contributed by atoms with van der Waals surface area (Å²) < 4.78 is 10.9. The molecule has 36 heavy (non-hydrogen) atoms. The van der Waals surface area contributed by atoms with Crippen molar-refractivity contribution in [1.82, 2.24) is 16.0 Å². The highest BCUT2D eigenvalue weighted by Crippen LogP contribution is 2.44. The minimum Gasteiger partial charge on any atom is -0.461 e. The first kappa shape index (κ1) is 25.7. The lowest BCUT2D eigenvalue weighted by Crippen LogP contribution is -2.52. The molecule has 0 aromatic heterocycles. The van der Waals surface area contributed by atoms with E-state index >= 15 is 0 Å². The SMILES string of the molecule is CCCC(NC(=O)C1CCC(NC(=O)OCC2c3ccccc3-c3ccccc32)N1)C(=O)OC(C)C. The Hall–Kier alpha value is -3.39. The molecule has 1 aliphatic heterocycles. The van der Waals surface area contributed by atoms with Crippen LogP contribution in [0.2, 0.25) is 0 Å². The van der Waals surface area contributed by atoms with E-state index in [0.717, 1.165) is 17.5 Å². The molecule has 0 spiro atoms. The van der Waals surface area contributed by atoms with Crippen LogP contribution in [0.15, 0.2) is 48.5 Å². The van der Waals surface area contributed by atoms with E-state index in [1.54, 1.807) is 13.8 Å². The van der Waals surface area contributed by atoms with E-state index < -0.39 is 24.1 Å². The first-order valence-electron chi connectivity index (χ1n) is 12.8. The number of fused-ring (bicyclic) bond motifs is 3. The molecular formula is C28H35N3O5. The fourth-order valence-corrected chi connectivity index (χ4v) is 4.97. The Balaban J connectivity index is 1.28. The van der Waals surface area contributed by atoms with Crippen molar-refractivity contribution in [3.05, 3.63) is 59.7 Å². The van der Waals surface area contributed by atoms with Crippen LogP contribution in [0.25, 0.3) is 11.1 Å². The molecule has 2 amide bonds. The number of ether oxygens (including phenoxy) is 2. The van der Waals surface area contributed by atoms with Crippen molar-refractivity contribution in [3.63, 3.8) is 0 Å². The van der Waals surface area contributed by atoms with E-state index in [0.29, 0.717) is 19.3 Å². The third kappa shape index (κ3) is 5.87. The highest BCUT2D eigenvalue weighted by Gasteiger charge is 2.34. The second-order valence-corrected chi connectivity index (χ2v) is 9.65. The Labute approximate surface area is 212 Å². The highest BCUT2D eigenvalue weighted by atomic mass is 16.6. The maximum absolute atomic E-state index is 12.8. The predicted molar refractivity (Wildman–Crippen MR) is 136 cm³/mol. The van der Waals surface area contributed by atoms with Crippen molar-refractivity contribution < 1.29 is 23.9 Å². The Morgan fingerprint density at radius 1 is 1.00 bits per heavy atom. The molecule has 2 aromatic rings. The lowest BCUT2D eigenvalue weighted by Gasteiger charge is -2.21. The zero-order valence-electron chi connectivity index (χ0n) is 21.1. The number of rotatable bonds is 9. The first-order valence-corrected chi connectivity index (χ1v) is 12.8. The van der Waals surface area contributed by atoms with Gasteiger partial charge >= 0.3 is 12.1 Å². The van der Waals surface area contributed by atoms with Gasteiger partial charge in [0.2, 0.25) is 5.91 Å². The van der Waals surface area contributed by atoms with E-state index in [9.17, 15) is 14.4 Å². The van der Waals surface area contributed by atoms with Crippen LogP contribution in [0.1, 0.15) is 63.5 Å². The average molecular weight is 494 g/mol. The normalized spacial score (nSPS) is 19.3. The molecule has 1 aliphatic carbocycles. The smallest absolute Gasteiger partial charge is 0.408 e. The third-order valence-electron chi connectivity index (χ3n) is 6.63. The van der Waals surface area contributed by atoms with Crippen LogP contribution < -0.4 is 16.0 Å². The van der Waals surface area contributed by atoms with Crippen molar-refractivity contribution >= 4 is 18.0 Å². The second-order valence-electron chi connectivity index (χ2n) is 9.65. The topological polar surface area (TPSA) is 106 Å². The van der Waals surface area contributed by atoms with E-state index in [1.165, 1.54) is 11.1 Å². The average Bonchev–Trinajstić information content (AvgIpc) is 3.45. The fraction of sp³-hybridized carbons (Fsp3) is 0.464. The summed E-state index contributed by atoms with van der Waals surface area (Å²) >= 11 is 0. The molecule has 1 saturated heterocycles. The Bertz CT molecular complexity index is 1060. The van der Waals surface area contributed by atoms with Gasteiger partial charge in [0.15, 0.2) is 0 Å². The minimum absolute atomic E-state index is 0.0145. The summed E-state index contributed by atoms with van der Waals surface area (Å²) in [6, 6.07) is 15.2. The number of carbonyl (C=O) groups excluding carboxylic acids is 3. The predicted octanol–water partition coefficient (Wildman–Crippen LogP) is 3.84. The summed E-state index contributed by atoms with van der Waals surface area (Å²) in [5.41, 5.74) is 4.65. The number of alkyl carbamates (subject to hydrolysis) is 1. The largest absolute Gasteiger partial charge is 0.461 e. The molecule has 0 radical (unpaired) electrons. The van der Waals surface area contributed by atoms with Crippen molar-refractivity contribution in [1.29, 1.82) is 0 Å². The highest BCUT2D eigenvalue weighted by molar-refractivity contribution is 5.88. The number of hydrogen-bond acceptors (Lipinski definition) is 6. The molecule has 1 fully saturated rings. The molecule has 8 heteroatoms. The van der Waals surface area contributed by atoms with Crippen LogP contribution in [0.3, 0.4) is 0 Å². The van der Waals surface area contributed by atoms with Gasteiger partial charge in [0.05, 0.1) is 18.3 Å². The minimum atomic E-state index is -0.680. The van der Waals surface area contributed by atoms with Crippen LogP contribution in [-0.4, -0.2) is 48.9 Å². The van der Waals surface area contributed by atoms with Crippen LogP contribution in [0.5, 0.6) is 0 Å². The van der Waals surface area contributed by atoms with E-state index in [1.807, 2.05) is 31.2 Å². The summed E-state index contributed by atoms with van der Waals surface area (Å²) in [6.45, 7) is 5.73. The fourth-order valence-electron chi connectivity index (χ4n) is 4.97. The van der Waals surface area contributed by atoms with Crippen molar-refractivity contribution in [2.45, 2.75) is 76.7 Å². The summed E-state index contributed by atoms with van der Waals surface area (Å²) in [7, 11) is 0. The molecule has 3 N–H and O–H groups in total. The molecule has 0 saturated carbocycles. The van der Waals surface area contributed by atoms with Gasteiger partial charge in [-0.2, -0.15) is 0 Å². The van der Waals surface area contributed by atoms with Crippen LogP contribution in [0, 0.1) is 0 Å². The van der Waals surface area contributed by atoms with E-state index in [2.05, 4.69) is 40.2 Å². The van der Waals surface area contributed by atoms with Crippen molar-refractivity contribution in [2.24, 2.45) is 0 Å². The molecule has 8 nitrogen and oxygen atoms in total. The number of hydrogen-bond donors (Lipinski definition) is 3. The summed E-state index contributed by atoms with van der Waals surface area (Å²) in [5.74, 6) is -0.711. The zero-order chi connectivity index (χ0) is 25.7. The van der Waals surface area contributed by atoms with Crippen molar-refractivity contribution in [2.75, 3.05) is 6.61 Å². The molecule has 3 atom stereocenters. The number of esters is 1. The van der Waals surface area contributed by atoms with Crippen LogP contribution in [0.4, 0.5) is 4.79 Å². The Morgan fingerprint density at radius 2 is 1.64 bits per heavy atom. The summed E-state index contributed by atoms with van der Waals surface area (Å²) in [4.78, 5) is 37.6. The summed E-state index contributed by atoms with van der Waals surface area (Å²) in [6.07, 6.45) is 1.20. The number of benzene rings is 2. The number of carbonyl (C=O) groups is 3. The third-order valence-corrected chi connectivity index (χ3v) is 6.63. The second kappa shape index (κ2) is 11.6. The lowest BCUT2D eigenvalue weighted by molar-refractivity contribution is -0.151. The molecular weight excluding hydrogens is 458 g/mol. The molecule has 4 rings (SSSR count). The Kier molecular flexibility index (Phi) is 8.25. The first-order chi connectivity index (χ1) is 17.4. The monoisotopic (exact) mass is 493 g/mol. The zero-order valence-corrected chi connectivity index (χ0v) is 21.1. The molecule has 192 valence electrons. The van der Waals surface area contributed by atoms with Gasteiger partial charge in [-0.3, -0.25) is 10.1 Å². The number of amides is 2. The van der Waals surface area contributed by atoms with Crippen LogP contribution in [-0.2, 0) is 19.1 Å². The van der Waals surface area contributed by atoms with Gasteiger partial charge in [-0.05, 0) is 55.4 Å². The molecule has 1 heterocycles. The Morgan fingerprint density at radius 3 is 2.25 bits per heavy atom. The molecule has 2 aliphatic rings. The van der Waals surface area contributed by atoms with Gasteiger partial charge in [-0.25, -0.2) is 9.59 Å². The van der Waals surface area contributed by atoms with Crippen LogP contribution >= 0.6 is 0 Å². The maximum Gasteiger partial charge on any atom is 0.408 e. The van der Waals surface area contributed by atoms with E-state index in [-0.39, 0.29) is 30.7 Å². The lowest BCUT2D eigenvalue weighted by atomic mass is 9.98. The van der Waals surface area contributed by atoms with Crippen molar-refractivity contribution in [3.8, 4) is 11.1 Å². The van der Waals surface area contributed by atoms with Gasteiger partial charge < -0.3 is 20.1 Å². The van der Waals surface area contributed by atoms with Gasteiger partial charge in [-0.1, -0.05) is 61.9 Å². The number of nitrogens with one attached hydrogen (secondary N) is 3. The summed E-state index contributed by atoms with van der Waals surface area (Å²) in [5, 5.41) is 8.75. The van der Waals surface area contributed by atoms with Gasteiger partial charge in [0, 0.05) is 5.92 Å². The standard InChI is InChI=1S/C28H35N3O5/c1-4-9-24(27(33)36-17(2)3)30-26(32)23-14-15-25(29-23)31-28(34)35-16-22-20-12-7-5-10-18(20)19-11-6-8-13-21(19)22/h5-8,10-13,17,22-25,29H,4,9,14-16H2,1-3H3,(H,30,32)(H,31,34). The van der Waals surface area contributed by atoms with Gasteiger partial charge in [-0.15, -0.1) is 0 Å². The van der Waals surface area contributed by atoms with E-state index in [4.69, 9.17) is 9.47 Å². The van der Waals surface area contributed by atoms with Gasteiger partial charge in [0.1, 0.15) is 12.6 Å².